The summed E-state index contributed by atoms with van der Waals surface area (Å²) in [4.78, 5) is 20.9. The van der Waals surface area contributed by atoms with E-state index in [0.717, 1.165) is 17.1 Å². The van der Waals surface area contributed by atoms with Crippen molar-refractivity contribution >= 4 is 17.5 Å². The van der Waals surface area contributed by atoms with E-state index in [9.17, 15) is 4.79 Å². The molecular weight excluding hydrogens is 288 g/mol. The number of rotatable bonds is 4. The minimum Gasteiger partial charge on any atom is -0.352 e. The summed E-state index contributed by atoms with van der Waals surface area (Å²) in [6.07, 6.45) is 0. The van der Waals surface area contributed by atoms with Crippen LogP contribution in [-0.4, -0.2) is 22.4 Å². The van der Waals surface area contributed by atoms with Crippen molar-refractivity contribution in [3.8, 4) is 0 Å². The molecule has 1 aromatic heterocycles. The van der Waals surface area contributed by atoms with Gasteiger partial charge in [0.25, 0.3) is 5.91 Å². The van der Waals surface area contributed by atoms with Crippen molar-refractivity contribution in [2.75, 3.05) is 11.9 Å². The molecule has 2 N–H and O–H groups in total. The minimum atomic E-state index is -0.0788. The molecule has 5 nitrogen and oxygen atoms in total. The first-order valence-electron chi connectivity index (χ1n) is 7.70. The molecule has 0 aliphatic heterocycles. The van der Waals surface area contributed by atoms with Gasteiger partial charge in [-0.05, 0) is 43.5 Å². The Kier molecular flexibility index (Phi) is 4.98. The molecule has 0 bridgehead atoms. The highest BCUT2D eigenvalue weighted by atomic mass is 16.1. The zero-order chi connectivity index (χ0) is 17.0. The van der Waals surface area contributed by atoms with Crippen molar-refractivity contribution in [1.29, 1.82) is 0 Å². The molecule has 2 aromatic rings. The van der Waals surface area contributed by atoms with Crippen LogP contribution < -0.4 is 10.6 Å². The molecule has 0 aliphatic rings. The van der Waals surface area contributed by atoms with Crippen LogP contribution in [0.25, 0.3) is 0 Å². The molecule has 0 aliphatic carbocycles. The van der Waals surface area contributed by atoms with Crippen molar-refractivity contribution in [1.82, 2.24) is 15.3 Å². The second-order valence-corrected chi connectivity index (χ2v) is 6.92. The highest BCUT2D eigenvalue weighted by Gasteiger charge is 2.13. The molecular formula is C18H24N4O. The van der Waals surface area contributed by atoms with Gasteiger partial charge in [0.05, 0.1) is 0 Å². The smallest absolute Gasteiger partial charge is 0.251 e. The van der Waals surface area contributed by atoms with Gasteiger partial charge >= 0.3 is 0 Å². The lowest BCUT2D eigenvalue weighted by Gasteiger charge is -2.18. The van der Waals surface area contributed by atoms with Gasteiger partial charge in [0.2, 0.25) is 5.95 Å². The molecule has 5 heteroatoms. The van der Waals surface area contributed by atoms with E-state index in [4.69, 9.17) is 0 Å². The van der Waals surface area contributed by atoms with Crippen LogP contribution in [0.2, 0.25) is 0 Å². The zero-order valence-electron chi connectivity index (χ0n) is 14.4. The summed E-state index contributed by atoms with van der Waals surface area (Å²) in [5.74, 6) is 0.458. The van der Waals surface area contributed by atoms with Crippen LogP contribution in [0.4, 0.5) is 11.6 Å². The Morgan fingerprint density at radius 1 is 1.09 bits per heavy atom. The van der Waals surface area contributed by atoms with E-state index in [1.165, 1.54) is 0 Å². The highest BCUT2D eigenvalue weighted by Crippen LogP contribution is 2.16. The van der Waals surface area contributed by atoms with Crippen molar-refractivity contribution in [2.45, 2.75) is 34.6 Å². The third kappa shape index (κ3) is 5.36. The SMILES string of the molecule is Cc1cc(C)nc(Nc2cccc(C(=O)NCC(C)(C)C)c2)n1. The Labute approximate surface area is 137 Å². The summed E-state index contributed by atoms with van der Waals surface area (Å²) >= 11 is 0. The Morgan fingerprint density at radius 3 is 2.35 bits per heavy atom. The second-order valence-electron chi connectivity index (χ2n) is 6.92. The first-order valence-corrected chi connectivity index (χ1v) is 7.70. The highest BCUT2D eigenvalue weighted by molar-refractivity contribution is 5.95. The minimum absolute atomic E-state index is 0.0540. The summed E-state index contributed by atoms with van der Waals surface area (Å²) in [7, 11) is 0. The Bertz CT molecular complexity index is 684. The van der Waals surface area contributed by atoms with Gasteiger partial charge in [-0.3, -0.25) is 4.79 Å². The molecule has 1 heterocycles. The maximum atomic E-state index is 12.2. The molecule has 23 heavy (non-hydrogen) atoms. The largest absolute Gasteiger partial charge is 0.352 e. The normalized spacial score (nSPS) is 11.2. The molecule has 0 saturated heterocycles. The number of anilines is 2. The van der Waals surface area contributed by atoms with Gasteiger partial charge in [-0.1, -0.05) is 26.8 Å². The molecule has 122 valence electrons. The maximum absolute atomic E-state index is 12.2. The number of aromatic nitrogens is 2. The average Bonchev–Trinajstić information content (AvgIpc) is 2.43. The van der Waals surface area contributed by atoms with Crippen molar-refractivity contribution in [3.63, 3.8) is 0 Å². The zero-order valence-corrected chi connectivity index (χ0v) is 14.4. The lowest BCUT2D eigenvalue weighted by Crippen LogP contribution is -2.32. The van der Waals surface area contributed by atoms with Gasteiger partial charge in [-0.15, -0.1) is 0 Å². The van der Waals surface area contributed by atoms with Gasteiger partial charge in [0.15, 0.2) is 0 Å². The number of benzene rings is 1. The summed E-state index contributed by atoms with van der Waals surface area (Å²) in [6.45, 7) is 10.7. The summed E-state index contributed by atoms with van der Waals surface area (Å²) < 4.78 is 0. The topological polar surface area (TPSA) is 66.9 Å². The Balaban J connectivity index is 2.11. The van der Waals surface area contributed by atoms with Crippen LogP contribution in [0.5, 0.6) is 0 Å². The summed E-state index contributed by atoms with van der Waals surface area (Å²) in [5, 5.41) is 6.10. The van der Waals surface area contributed by atoms with Gasteiger partial charge in [0, 0.05) is 29.2 Å². The maximum Gasteiger partial charge on any atom is 0.251 e. The van der Waals surface area contributed by atoms with Crippen LogP contribution in [0.15, 0.2) is 30.3 Å². The molecule has 0 saturated carbocycles. The number of carbonyl (C=O) groups excluding carboxylic acids is 1. The third-order valence-electron chi connectivity index (χ3n) is 3.14. The predicted molar refractivity (Wildman–Crippen MR) is 93.0 cm³/mol. The molecule has 1 amide bonds. The number of carbonyl (C=O) groups is 1. The Hall–Kier alpha value is -2.43. The molecule has 0 atom stereocenters. The number of aryl methyl sites for hydroxylation is 2. The molecule has 0 spiro atoms. The average molecular weight is 312 g/mol. The van der Waals surface area contributed by atoms with Crippen LogP contribution in [0.3, 0.4) is 0 Å². The van der Waals surface area contributed by atoms with Crippen LogP contribution in [0, 0.1) is 19.3 Å². The predicted octanol–water partition coefficient (Wildman–Crippen LogP) is 3.61. The monoisotopic (exact) mass is 312 g/mol. The third-order valence-corrected chi connectivity index (χ3v) is 3.14. The van der Waals surface area contributed by atoms with Crippen molar-refractivity contribution in [2.24, 2.45) is 5.41 Å². The van der Waals surface area contributed by atoms with Gasteiger partial charge < -0.3 is 10.6 Å². The van der Waals surface area contributed by atoms with Crippen LogP contribution in [-0.2, 0) is 0 Å². The molecule has 2 rings (SSSR count). The quantitative estimate of drug-likeness (QED) is 0.905. The standard InChI is InChI=1S/C18H24N4O/c1-12-9-13(2)21-17(20-12)22-15-8-6-7-14(10-15)16(23)19-11-18(3,4)5/h6-10H,11H2,1-5H3,(H,19,23)(H,20,21,22). The lowest BCUT2D eigenvalue weighted by atomic mass is 9.97. The first kappa shape index (κ1) is 16.9. The molecule has 0 unspecified atom stereocenters. The summed E-state index contributed by atoms with van der Waals surface area (Å²) in [6, 6.07) is 9.25. The van der Waals surface area contributed by atoms with E-state index < -0.39 is 0 Å². The van der Waals surface area contributed by atoms with E-state index in [0.29, 0.717) is 18.1 Å². The molecule has 0 fully saturated rings. The number of nitrogens with zero attached hydrogens (tertiary/aromatic N) is 2. The van der Waals surface area contributed by atoms with Crippen LogP contribution in [0.1, 0.15) is 42.5 Å². The molecule has 1 aromatic carbocycles. The van der Waals surface area contributed by atoms with E-state index in [1.54, 1.807) is 12.1 Å². The van der Waals surface area contributed by atoms with E-state index in [2.05, 4.69) is 41.4 Å². The molecule has 0 radical (unpaired) electrons. The van der Waals surface area contributed by atoms with E-state index >= 15 is 0 Å². The van der Waals surface area contributed by atoms with E-state index in [-0.39, 0.29) is 11.3 Å². The van der Waals surface area contributed by atoms with Gasteiger partial charge in [0.1, 0.15) is 0 Å². The van der Waals surface area contributed by atoms with Crippen molar-refractivity contribution in [3.05, 3.63) is 47.3 Å². The number of nitrogens with one attached hydrogen (secondary N) is 2. The van der Waals surface area contributed by atoms with Crippen LogP contribution >= 0.6 is 0 Å². The van der Waals surface area contributed by atoms with Gasteiger partial charge in [-0.2, -0.15) is 0 Å². The van der Waals surface area contributed by atoms with Gasteiger partial charge in [-0.25, -0.2) is 9.97 Å². The lowest BCUT2D eigenvalue weighted by molar-refractivity contribution is 0.0939. The Morgan fingerprint density at radius 2 is 1.74 bits per heavy atom. The summed E-state index contributed by atoms with van der Waals surface area (Å²) in [5.41, 5.74) is 3.26. The fraction of sp³-hybridized carbons (Fsp3) is 0.389. The number of amides is 1. The fourth-order valence-electron chi connectivity index (χ4n) is 2.10. The number of hydrogen-bond donors (Lipinski definition) is 2. The van der Waals surface area contributed by atoms with Crippen molar-refractivity contribution < 1.29 is 4.79 Å². The first-order chi connectivity index (χ1) is 10.7. The fourth-order valence-corrected chi connectivity index (χ4v) is 2.10. The number of hydrogen-bond acceptors (Lipinski definition) is 4. The second kappa shape index (κ2) is 6.77. The van der Waals surface area contributed by atoms with E-state index in [1.807, 2.05) is 32.0 Å².